The molecule has 3 aromatic rings. The largest absolute Gasteiger partial charge is 0.497 e. The van der Waals surface area contributed by atoms with Gasteiger partial charge in [0.25, 0.3) is 5.91 Å². The van der Waals surface area contributed by atoms with Gasteiger partial charge in [0.2, 0.25) is 5.91 Å². The number of carbonyl (C=O) groups excluding carboxylic acids is 2. The van der Waals surface area contributed by atoms with E-state index in [1.807, 2.05) is 54.0 Å². The van der Waals surface area contributed by atoms with Crippen LogP contribution in [0.5, 0.6) is 5.75 Å². The van der Waals surface area contributed by atoms with Gasteiger partial charge in [-0.25, -0.2) is 0 Å². The number of amides is 2. The number of hydrogen-bond acceptors (Lipinski definition) is 3. The van der Waals surface area contributed by atoms with Gasteiger partial charge in [-0.2, -0.15) is 0 Å². The first kappa shape index (κ1) is 23.5. The highest BCUT2D eigenvalue weighted by Crippen LogP contribution is 2.34. The van der Waals surface area contributed by atoms with Crippen molar-refractivity contribution in [2.75, 3.05) is 13.7 Å². The second kappa shape index (κ2) is 9.76. The van der Waals surface area contributed by atoms with Crippen molar-refractivity contribution < 1.29 is 14.3 Å². The highest BCUT2D eigenvalue weighted by Gasteiger charge is 2.47. The van der Waals surface area contributed by atoms with Crippen molar-refractivity contribution in [2.24, 2.45) is 0 Å². The summed E-state index contributed by atoms with van der Waals surface area (Å²) in [6.45, 7) is 2.83. The van der Waals surface area contributed by atoms with Crippen LogP contribution in [0, 0.1) is 0 Å². The second-order valence-corrected chi connectivity index (χ2v) is 10.2. The minimum Gasteiger partial charge on any atom is -0.497 e. The lowest BCUT2D eigenvalue weighted by atomic mass is 9.93. The van der Waals surface area contributed by atoms with E-state index in [2.05, 4.69) is 17.4 Å². The van der Waals surface area contributed by atoms with Crippen LogP contribution >= 0.6 is 0 Å². The Balaban J connectivity index is 1.50. The molecule has 2 aromatic carbocycles. The van der Waals surface area contributed by atoms with Crippen LogP contribution in [0.3, 0.4) is 0 Å². The van der Waals surface area contributed by atoms with Gasteiger partial charge >= 0.3 is 0 Å². The van der Waals surface area contributed by atoms with Crippen molar-refractivity contribution >= 4 is 22.7 Å². The van der Waals surface area contributed by atoms with E-state index in [9.17, 15) is 9.59 Å². The van der Waals surface area contributed by atoms with E-state index in [0.717, 1.165) is 47.9 Å². The van der Waals surface area contributed by atoms with E-state index in [1.165, 1.54) is 12.8 Å². The molecule has 2 aliphatic rings. The first-order chi connectivity index (χ1) is 17.0. The van der Waals surface area contributed by atoms with Crippen LogP contribution in [0.1, 0.15) is 61.5 Å². The molecule has 2 amide bonds. The van der Waals surface area contributed by atoms with Crippen molar-refractivity contribution in [2.45, 2.75) is 70.0 Å². The maximum Gasteiger partial charge on any atom is 0.271 e. The van der Waals surface area contributed by atoms with Crippen molar-refractivity contribution in [1.82, 2.24) is 14.8 Å². The number of fused-ring (bicyclic) bond motifs is 3. The average Bonchev–Trinajstić information content (AvgIpc) is 3.03. The maximum absolute atomic E-state index is 13.9. The van der Waals surface area contributed by atoms with Crippen LogP contribution in [0.4, 0.5) is 0 Å². The molecule has 0 radical (unpaired) electrons. The number of hydrogen-bond donors (Lipinski definition) is 1. The molecule has 1 aromatic heterocycles. The van der Waals surface area contributed by atoms with Crippen molar-refractivity contribution in [3.8, 4) is 5.75 Å². The Kier molecular flexibility index (Phi) is 6.54. The molecular formula is C29H35N3O3. The van der Waals surface area contributed by atoms with Crippen LogP contribution < -0.4 is 10.1 Å². The minimum absolute atomic E-state index is 0.0544. The Bertz CT molecular complexity index is 1210. The quantitative estimate of drug-likeness (QED) is 0.516. The van der Waals surface area contributed by atoms with Crippen molar-refractivity contribution in [1.29, 1.82) is 0 Å². The summed E-state index contributed by atoms with van der Waals surface area (Å²) in [5, 5.41) is 4.32. The van der Waals surface area contributed by atoms with Gasteiger partial charge in [0, 0.05) is 24.0 Å². The van der Waals surface area contributed by atoms with E-state index in [4.69, 9.17) is 4.74 Å². The van der Waals surface area contributed by atoms with Crippen molar-refractivity contribution in [3.63, 3.8) is 0 Å². The number of aromatic nitrogens is 1. The Labute approximate surface area is 207 Å². The van der Waals surface area contributed by atoms with Gasteiger partial charge in [-0.05, 0) is 49.9 Å². The SMILES string of the molecule is COc1ccc2cc3n(c2c1)C[C@@](C)(C(=O)NC1CCCCCC1)N(CCc1ccccc1)C3=O. The molecule has 1 atom stereocenters. The Morgan fingerprint density at radius 3 is 2.51 bits per heavy atom. The highest BCUT2D eigenvalue weighted by molar-refractivity contribution is 6.03. The fourth-order valence-electron chi connectivity index (χ4n) is 5.66. The Morgan fingerprint density at radius 2 is 1.80 bits per heavy atom. The third-order valence-electron chi connectivity index (χ3n) is 7.78. The molecule has 0 spiro atoms. The number of methoxy groups -OCH3 is 1. The number of nitrogens with one attached hydrogen (secondary N) is 1. The van der Waals surface area contributed by atoms with Crippen molar-refractivity contribution in [3.05, 3.63) is 65.9 Å². The molecule has 35 heavy (non-hydrogen) atoms. The third kappa shape index (κ3) is 4.54. The summed E-state index contributed by atoms with van der Waals surface area (Å²) in [5.74, 6) is 0.587. The summed E-state index contributed by atoms with van der Waals surface area (Å²) in [6, 6.07) is 18.1. The summed E-state index contributed by atoms with van der Waals surface area (Å²) in [4.78, 5) is 29.6. The zero-order chi connectivity index (χ0) is 24.4. The molecule has 0 saturated heterocycles. The molecule has 5 rings (SSSR count). The normalized spacial score (nSPS) is 21.0. The monoisotopic (exact) mass is 473 g/mol. The number of carbonyl (C=O) groups is 2. The van der Waals surface area contributed by atoms with Gasteiger partial charge < -0.3 is 19.5 Å². The summed E-state index contributed by atoms with van der Waals surface area (Å²) in [7, 11) is 1.64. The van der Waals surface area contributed by atoms with Gasteiger partial charge in [0.1, 0.15) is 17.0 Å². The summed E-state index contributed by atoms with van der Waals surface area (Å²) in [6.07, 6.45) is 7.46. The van der Waals surface area contributed by atoms with E-state index >= 15 is 0 Å². The molecule has 6 heteroatoms. The maximum atomic E-state index is 13.9. The molecule has 0 unspecified atom stereocenters. The molecule has 1 fully saturated rings. The Hall–Kier alpha value is -3.28. The standard InChI is InChI=1S/C29H35N3O3/c1-29(28(34)30-23-12-8-3-4-9-13-23)20-31-25-19-24(35-2)15-14-22(25)18-26(31)27(33)32(29)17-16-21-10-6-5-7-11-21/h5-7,10-11,14-15,18-19,23H,3-4,8-9,12-13,16-17,20H2,1-2H3,(H,30,34)/t29-/m0/s1. The van der Waals surface area contributed by atoms with Gasteiger partial charge in [-0.15, -0.1) is 0 Å². The molecule has 6 nitrogen and oxygen atoms in total. The molecule has 184 valence electrons. The fourth-order valence-corrected chi connectivity index (χ4v) is 5.66. The molecule has 2 heterocycles. The van der Waals surface area contributed by atoms with Crippen LogP contribution in [-0.2, 0) is 17.8 Å². The lowest BCUT2D eigenvalue weighted by Crippen LogP contribution is -2.65. The summed E-state index contributed by atoms with van der Waals surface area (Å²) >= 11 is 0. The Morgan fingerprint density at radius 1 is 1.06 bits per heavy atom. The predicted octanol–water partition coefficient (Wildman–Crippen LogP) is 4.95. The molecule has 1 saturated carbocycles. The van der Waals surface area contributed by atoms with E-state index in [1.54, 1.807) is 12.0 Å². The summed E-state index contributed by atoms with van der Waals surface area (Å²) < 4.78 is 7.45. The minimum atomic E-state index is -0.986. The number of rotatable bonds is 6. The topological polar surface area (TPSA) is 63.6 Å². The van der Waals surface area contributed by atoms with E-state index < -0.39 is 5.54 Å². The number of ether oxygens (including phenoxy) is 1. The first-order valence-electron chi connectivity index (χ1n) is 12.8. The van der Waals surface area contributed by atoms with Crippen LogP contribution in [-0.4, -0.2) is 46.5 Å². The van der Waals surface area contributed by atoms with Gasteiger partial charge in [0.15, 0.2) is 0 Å². The predicted molar refractivity (Wildman–Crippen MR) is 138 cm³/mol. The van der Waals surface area contributed by atoms with Gasteiger partial charge in [-0.3, -0.25) is 9.59 Å². The number of benzene rings is 2. The molecule has 0 bridgehead atoms. The van der Waals surface area contributed by atoms with Gasteiger partial charge in [0.05, 0.1) is 19.2 Å². The van der Waals surface area contributed by atoms with E-state index in [0.29, 0.717) is 25.2 Å². The van der Waals surface area contributed by atoms with E-state index in [-0.39, 0.29) is 17.9 Å². The van der Waals surface area contributed by atoms with Crippen LogP contribution in [0.25, 0.3) is 10.9 Å². The second-order valence-electron chi connectivity index (χ2n) is 10.2. The zero-order valence-electron chi connectivity index (χ0n) is 20.8. The molecule has 1 aliphatic heterocycles. The van der Waals surface area contributed by atoms with Crippen LogP contribution in [0.2, 0.25) is 0 Å². The fraction of sp³-hybridized carbons (Fsp3) is 0.448. The average molecular weight is 474 g/mol. The zero-order valence-corrected chi connectivity index (χ0v) is 20.8. The smallest absolute Gasteiger partial charge is 0.271 e. The summed E-state index contributed by atoms with van der Waals surface area (Å²) in [5.41, 5.74) is 1.72. The van der Waals surface area contributed by atoms with Gasteiger partial charge in [-0.1, -0.05) is 56.0 Å². The molecule has 1 N–H and O–H groups in total. The molecule has 1 aliphatic carbocycles. The first-order valence-corrected chi connectivity index (χ1v) is 12.8. The molecular weight excluding hydrogens is 438 g/mol. The number of nitrogens with zero attached hydrogens (tertiary/aromatic N) is 2. The highest BCUT2D eigenvalue weighted by atomic mass is 16.5. The third-order valence-corrected chi connectivity index (χ3v) is 7.78. The lowest BCUT2D eigenvalue weighted by molar-refractivity contribution is -0.133. The van der Waals surface area contributed by atoms with Crippen LogP contribution in [0.15, 0.2) is 54.6 Å². The lowest BCUT2D eigenvalue weighted by Gasteiger charge is -2.44.